The molecule has 158 valence electrons. The lowest BCUT2D eigenvalue weighted by Gasteiger charge is -2.35. The van der Waals surface area contributed by atoms with Gasteiger partial charge in [0.25, 0.3) is 5.91 Å². The molecule has 7 heteroatoms. The number of hydrogen-bond donors (Lipinski definition) is 0. The molecule has 1 aliphatic heterocycles. The molecule has 0 atom stereocenters. The Morgan fingerprint density at radius 2 is 1.74 bits per heavy atom. The SMILES string of the molecule is CC(=O)c1cccc(OCC(=O)N2CCN(c3ccnc(-c4ccccc4)n3)CC2)c1. The van der Waals surface area contributed by atoms with Crippen LogP contribution in [0.2, 0.25) is 0 Å². The molecule has 1 fully saturated rings. The van der Waals surface area contributed by atoms with Gasteiger partial charge in [0.2, 0.25) is 0 Å². The van der Waals surface area contributed by atoms with Gasteiger partial charge in [-0.25, -0.2) is 9.97 Å². The Morgan fingerprint density at radius 3 is 2.48 bits per heavy atom. The van der Waals surface area contributed by atoms with Crippen LogP contribution in [0.4, 0.5) is 5.82 Å². The predicted octanol–water partition coefficient (Wildman–Crippen LogP) is 3.07. The number of ether oxygens (including phenoxy) is 1. The van der Waals surface area contributed by atoms with E-state index < -0.39 is 0 Å². The number of anilines is 1. The van der Waals surface area contributed by atoms with Gasteiger partial charge in [-0.3, -0.25) is 9.59 Å². The summed E-state index contributed by atoms with van der Waals surface area (Å²) in [6, 6.07) is 18.7. The first-order valence-corrected chi connectivity index (χ1v) is 10.2. The van der Waals surface area contributed by atoms with Crippen molar-refractivity contribution in [1.29, 1.82) is 0 Å². The third kappa shape index (κ3) is 5.06. The fourth-order valence-electron chi connectivity index (χ4n) is 3.48. The molecule has 0 N–H and O–H groups in total. The fourth-order valence-corrected chi connectivity index (χ4v) is 3.48. The monoisotopic (exact) mass is 416 g/mol. The second-order valence-electron chi connectivity index (χ2n) is 7.34. The van der Waals surface area contributed by atoms with Gasteiger partial charge < -0.3 is 14.5 Å². The lowest BCUT2D eigenvalue weighted by molar-refractivity contribution is -0.133. The van der Waals surface area contributed by atoms with Crippen LogP contribution >= 0.6 is 0 Å². The van der Waals surface area contributed by atoms with Gasteiger partial charge in [0.15, 0.2) is 18.2 Å². The molecule has 0 spiro atoms. The van der Waals surface area contributed by atoms with Crippen LogP contribution in [0.25, 0.3) is 11.4 Å². The van der Waals surface area contributed by atoms with Crippen molar-refractivity contribution < 1.29 is 14.3 Å². The van der Waals surface area contributed by atoms with Crippen LogP contribution in [0.15, 0.2) is 66.9 Å². The summed E-state index contributed by atoms with van der Waals surface area (Å²) < 4.78 is 5.61. The number of Topliss-reactive ketones (excluding diaryl/α,β-unsaturated/α-hetero) is 1. The highest BCUT2D eigenvalue weighted by molar-refractivity contribution is 5.94. The number of nitrogens with zero attached hydrogens (tertiary/aromatic N) is 4. The molecule has 0 unspecified atom stereocenters. The highest BCUT2D eigenvalue weighted by Gasteiger charge is 2.22. The Morgan fingerprint density at radius 1 is 0.968 bits per heavy atom. The Labute approximate surface area is 181 Å². The third-order valence-corrected chi connectivity index (χ3v) is 5.23. The third-order valence-electron chi connectivity index (χ3n) is 5.23. The highest BCUT2D eigenvalue weighted by atomic mass is 16.5. The van der Waals surface area contributed by atoms with E-state index in [0.29, 0.717) is 43.3 Å². The standard InChI is InChI=1S/C24H24N4O3/c1-18(29)20-8-5-9-21(16-20)31-17-23(30)28-14-12-27(13-15-28)22-10-11-25-24(26-22)19-6-3-2-4-7-19/h2-11,16H,12-15,17H2,1H3. The molecule has 2 aromatic carbocycles. The minimum absolute atomic E-state index is 0.0342. The number of carbonyl (C=O) groups is 2. The van der Waals surface area contributed by atoms with Gasteiger partial charge in [0.05, 0.1) is 0 Å². The van der Waals surface area contributed by atoms with Crippen molar-refractivity contribution in [2.45, 2.75) is 6.92 Å². The van der Waals surface area contributed by atoms with Crippen LogP contribution in [-0.2, 0) is 4.79 Å². The van der Waals surface area contributed by atoms with E-state index in [1.807, 2.05) is 36.4 Å². The van der Waals surface area contributed by atoms with Crippen molar-refractivity contribution in [2.75, 3.05) is 37.7 Å². The van der Waals surface area contributed by atoms with Gasteiger partial charge in [0.1, 0.15) is 11.6 Å². The largest absolute Gasteiger partial charge is 0.484 e. The average molecular weight is 416 g/mol. The molecule has 1 aliphatic rings. The van der Waals surface area contributed by atoms with Gasteiger partial charge in [0, 0.05) is 43.5 Å². The molecular weight excluding hydrogens is 392 g/mol. The van der Waals surface area contributed by atoms with E-state index in [-0.39, 0.29) is 18.3 Å². The first-order chi connectivity index (χ1) is 15.1. The van der Waals surface area contributed by atoms with Gasteiger partial charge >= 0.3 is 0 Å². The topological polar surface area (TPSA) is 75.6 Å². The summed E-state index contributed by atoms with van der Waals surface area (Å²) in [5.74, 6) is 1.97. The van der Waals surface area contributed by atoms with Crippen LogP contribution in [-0.4, -0.2) is 59.3 Å². The molecule has 31 heavy (non-hydrogen) atoms. The maximum absolute atomic E-state index is 12.6. The second-order valence-corrected chi connectivity index (χ2v) is 7.34. The normalized spacial score (nSPS) is 13.7. The molecule has 4 rings (SSSR count). The quantitative estimate of drug-likeness (QED) is 0.575. The maximum Gasteiger partial charge on any atom is 0.260 e. The first-order valence-electron chi connectivity index (χ1n) is 10.2. The zero-order valence-electron chi connectivity index (χ0n) is 17.4. The first kappa shape index (κ1) is 20.5. The molecule has 1 amide bonds. The number of rotatable bonds is 6. The lowest BCUT2D eigenvalue weighted by Crippen LogP contribution is -2.50. The zero-order valence-corrected chi connectivity index (χ0v) is 17.4. The number of ketones is 1. The van der Waals surface area contributed by atoms with Crippen LogP contribution in [0.1, 0.15) is 17.3 Å². The number of aromatic nitrogens is 2. The summed E-state index contributed by atoms with van der Waals surface area (Å²) in [6.07, 6.45) is 1.77. The van der Waals surface area contributed by atoms with E-state index in [2.05, 4.69) is 9.88 Å². The zero-order chi connectivity index (χ0) is 21.6. The number of benzene rings is 2. The van der Waals surface area contributed by atoms with Crippen molar-refractivity contribution in [3.63, 3.8) is 0 Å². The van der Waals surface area contributed by atoms with E-state index in [4.69, 9.17) is 9.72 Å². The van der Waals surface area contributed by atoms with Gasteiger partial charge in [-0.1, -0.05) is 42.5 Å². The molecule has 0 saturated carbocycles. The van der Waals surface area contributed by atoms with Crippen molar-refractivity contribution in [3.8, 4) is 17.1 Å². The van der Waals surface area contributed by atoms with Crippen LogP contribution < -0.4 is 9.64 Å². The number of piperazine rings is 1. The molecule has 0 radical (unpaired) electrons. The van der Waals surface area contributed by atoms with Crippen molar-refractivity contribution >= 4 is 17.5 Å². The van der Waals surface area contributed by atoms with E-state index in [1.54, 1.807) is 35.4 Å². The predicted molar refractivity (Wildman–Crippen MR) is 118 cm³/mol. The Bertz CT molecular complexity index is 1060. The minimum atomic E-state index is -0.0689. The van der Waals surface area contributed by atoms with E-state index in [0.717, 1.165) is 11.4 Å². The lowest BCUT2D eigenvalue weighted by atomic mass is 10.1. The van der Waals surface area contributed by atoms with E-state index >= 15 is 0 Å². The molecule has 1 saturated heterocycles. The summed E-state index contributed by atoms with van der Waals surface area (Å²) in [7, 11) is 0. The summed E-state index contributed by atoms with van der Waals surface area (Å²) in [5, 5.41) is 0. The van der Waals surface area contributed by atoms with Gasteiger partial charge in [-0.2, -0.15) is 0 Å². The van der Waals surface area contributed by atoms with Crippen molar-refractivity contribution in [1.82, 2.24) is 14.9 Å². The van der Waals surface area contributed by atoms with Crippen LogP contribution in [0.5, 0.6) is 5.75 Å². The van der Waals surface area contributed by atoms with E-state index in [1.165, 1.54) is 6.92 Å². The Balaban J connectivity index is 1.32. The Hall–Kier alpha value is -3.74. The number of hydrogen-bond acceptors (Lipinski definition) is 6. The molecule has 3 aromatic rings. The fraction of sp³-hybridized carbons (Fsp3) is 0.250. The molecule has 0 aliphatic carbocycles. The molecule has 2 heterocycles. The van der Waals surface area contributed by atoms with Crippen molar-refractivity contribution in [2.24, 2.45) is 0 Å². The van der Waals surface area contributed by atoms with Gasteiger partial charge in [-0.15, -0.1) is 0 Å². The summed E-state index contributed by atoms with van der Waals surface area (Å²) in [4.78, 5) is 37.1. The van der Waals surface area contributed by atoms with Crippen molar-refractivity contribution in [3.05, 3.63) is 72.4 Å². The summed E-state index contributed by atoms with van der Waals surface area (Å²) >= 11 is 0. The second kappa shape index (κ2) is 9.38. The average Bonchev–Trinajstić information content (AvgIpc) is 2.83. The minimum Gasteiger partial charge on any atom is -0.484 e. The van der Waals surface area contributed by atoms with Gasteiger partial charge in [-0.05, 0) is 25.1 Å². The summed E-state index contributed by atoms with van der Waals surface area (Å²) in [6.45, 7) is 4.03. The molecular formula is C24H24N4O3. The molecule has 0 bridgehead atoms. The maximum atomic E-state index is 12.6. The number of amides is 1. The van der Waals surface area contributed by atoms with E-state index in [9.17, 15) is 9.59 Å². The Kier molecular flexibility index (Phi) is 6.21. The highest BCUT2D eigenvalue weighted by Crippen LogP contribution is 2.19. The van der Waals surface area contributed by atoms with Crippen LogP contribution in [0.3, 0.4) is 0 Å². The summed E-state index contributed by atoms with van der Waals surface area (Å²) in [5.41, 5.74) is 1.54. The smallest absolute Gasteiger partial charge is 0.260 e. The van der Waals surface area contributed by atoms with Crippen LogP contribution in [0, 0.1) is 0 Å². The molecule has 1 aromatic heterocycles. The molecule has 7 nitrogen and oxygen atoms in total. The number of carbonyl (C=O) groups excluding carboxylic acids is 2.